The summed E-state index contributed by atoms with van der Waals surface area (Å²) in [4.78, 5) is 12.1. The molecule has 0 bridgehead atoms. The van der Waals surface area contributed by atoms with E-state index >= 15 is 0 Å². The van der Waals surface area contributed by atoms with Gasteiger partial charge in [0.15, 0.2) is 11.5 Å². The van der Waals surface area contributed by atoms with Crippen molar-refractivity contribution in [3.63, 3.8) is 0 Å². The summed E-state index contributed by atoms with van der Waals surface area (Å²) >= 11 is 11.8. The van der Waals surface area contributed by atoms with Gasteiger partial charge in [-0.3, -0.25) is 4.79 Å². The molecule has 1 heterocycles. The van der Waals surface area contributed by atoms with Crippen LogP contribution in [0.4, 0.5) is 0 Å². The van der Waals surface area contributed by atoms with Gasteiger partial charge in [-0.2, -0.15) is 0 Å². The number of rotatable bonds is 2. The van der Waals surface area contributed by atoms with Gasteiger partial charge < -0.3 is 5.21 Å². The van der Waals surface area contributed by atoms with Crippen LogP contribution in [-0.2, 0) is 0 Å². The Balaban J connectivity index is 2.65. The molecule has 0 aliphatic carbocycles. The van der Waals surface area contributed by atoms with Crippen LogP contribution in [0.15, 0.2) is 23.0 Å². The molecule has 2 rings (SSSR count). The molecular formula is C12H11Cl2N3O2. The molecule has 0 unspecified atom stereocenters. The van der Waals surface area contributed by atoms with E-state index in [1.54, 1.807) is 26.0 Å². The second-order valence-electron chi connectivity index (χ2n) is 4.30. The number of benzene rings is 1. The molecule has 1 aromatic carbocycles. The fourth-order valence-corrected chi connectivity index (χ4v) is 2.10. The lowest BCUT2D eigenvalue weighted by Gasteiger charge is -2.09. The minimum absolute atomic E-state index is 0.0198. The number of hydrogen-bond acceptors (Lipinski definition) is 4. The minimum atomic E-state index is -0.664. The van der Waals surface area contributed by atoms with Crippen LogP contribution < -0.4 is 5.56 Å². The third kappa shape index (κ3) is 2.57. The maximum atomic E-state index is 12.1. The average molecular weight is 300 g/mol. The first-order valence-electron chi connectivity index (χ1n) is 5.56. The highest BCUT2D eigenvalue weighted by molar-refractivity contribution is 6.36. The van der Waals surface area contributed by atoms with E-state index in [1.807, 2.05) is 0 Å². The first kappa shape index (κ1) is 13.8. The van der Waals surface area contributed by atoms with E-state index in [2.05, 4.69) is 10.2 Å². The Morgan fingerprint density at radius 3 is 2.53 bits per heavy atom. The molecule has 0 fully saturated rings. The molecule has 0 saturated heterocycles. The summed E-state index contributed by atoms with van der Waals surface area (Å²) < 4.78 is 0.498. The zero-order valence-corrected chi connectivity index (χ0v) is 11.8. The van der Waals surface area contributed by atoms with E-state index in [-0.39, 0.29) is 22.5 Å². The summed E-state index contributed by atoms with van der Waals surface area (Å²) in [5.74, 6) is 0.0683. The van der Waals surface area contributed by atoms with E-state index in [9.17, 15) is 10.0 Å². The summed E-state index contributed by atoms with van der Waals surface area (Å²) in [6.07, 6.45) is 0. The monoisotopic (exact) mass is 299 g/mol. The van der Waals surface area contributed by atoms with Crippen LogP contribution in [0, 0.1) is 0 Å². The van der Waals surface area contributed by atoms with Gasteiger partial charge in [-0.05, 0) is 18.2 Å². The quantitative estimate of drug-likeness (QED) is 0.866. The van der Waals surface area contributed by atoms with Crippen molar-refractivity contribution in [1.29, 1.82) is 0 Å². The van der Waals surface area contributed by atoms with E-state index in [0.717, 1.165) is 0 Å². The number of hydrogen-bond donors (Lipinski definition) is 1. The van der Waals surface area contributed by atoms with Gasteiger partial charge in [0.05, 0.1) is 5.02 Å². The van der Waals surface area contributed by atoms with Gasteiger partial charge in [-0.1, -0.05) is 37.0 Å². The Bertz CT molecular complexity index is 683. The molecule has 19 heavy (non-hydrogen) atoms. The van der Waals surface area contributed by atoms with Gasteiger partial charge in [-0.15, -0.1) is 14.9 Å². The SMILES string of the molecule is CC(C)c1nnc(-c2ccc(Cl)cc2Cl)c(=O)n1O. The van der Waals surface area contributed by atoms with Crippen molar-refractivity contribution in [3.8, 4) is 11.3 Å². The smallest absolute Gasteiger partial charge is 0.313 e. The fourth-order valence-electron chi connectivity index (χ4n) is 1.60. The molecule has 100 valence electrons. The molecule has 0 saturated carbocycles. The highest BCUT2D eigenvalue weighted by Crippen LogP contribution is 2.27. The maximum Gasteiger partial charge on any atom is 0.313 e. The van der Waals surface area contributed by atoms with Gasteiger partial charge in [-0.25, -0.2) is 0 Å². The van der Waals surface area contributed by atoms with Gasteiger partial charge in [0.25, 0.3) is 0 Å². The van der Waals surface area contributed by atoms with Crippen molar-refractivity contribution in [3.05, 3.63) is 44.4 Å². The molecule has 2 aromatic rings. The Hall–Kier alpha value is -1.59. The summed E-state index contributed by atoms with van der Waals surface area (Å²) in [5.41, 5.74) is -0.307. The van der Waals surface area contributed by atoms with E-state index in [0.29, 0.717) is 15.3 Å². The predicted octanol–water partition coefficient (Wildman–Crippen LogP) is 2.97. The maximum absolute atomic E-state index is 12.1. The number of halogens is 2. The molecule has 0 atom stereocenters. The first-order valence-corrected chi connectivity index (χ1v) is 6.31. The van der Waals surface area contributed by atoms with Crippen molar-refractivity contribution >= 4 is 23.2 Å². The highest BCUT2D eigenvalue weighted by Gasteiger charge is 2.17. The minimum Gasteiger partial charge on any atom is -0.424 e. The van der Waals surface area contributed by atoms with Gasteiger partial charge >= 0.3 is 5.56 Å². The molecule has 5 nitrogen and oxygen atoms in total. The van der Waals surface area contributed by atoms with Crippen molar-refractivity contribution in [2.45, 2.75) is 19.8 Å². The van der Waals surface area contributed by atoms with E-state index in [4.69, 9.17) is 23.2 Å². The van der Waals surface area contributed by atoms with E-state index < -0.39 is 5.56 Å². The summed E-state index contributed by atoms with van der Waals surface area (Å²) in [5, 5.41) is 18.2. The lowest BCUT2D eigenvalue weighted by Crippen LogP contribution is -2.27. The molecule has 0 aliphatic rings. The zero-order chi connectivity index (χ0) is 14.2. The van der Waals surface area contributed by atoms with Crippen LogP contribution in [0.5, 0.6) is 0 Å². The van der Waals surface area contributed by atoms with Crippen LogP contribution >= 0.6 is 23.2 Å². The molecule has 1 aromatic heterocycles. The van der Waals surface area contributed by atoms with Gasteiger partial charge in [0.2, 0.25) is 0 Å². The van der Waals surface area contributed by atoms with Gasteiger partial charge in [0, 0.05) is 16.5 Å². The van der Waals surface area contributed by atoms with Crippen LogP contribution in [0.2, 0.25) is 10.0 Å². The molecule has 0 aliphatic heterocycles. The lowest BCUT2D eigenvalue weighted by molar-refractivity contribution is 0.155. The zero-order valence-electron chi connectivity index (χ0n) is 10.3. The Labute approximate surface area is 119 Å². The molecule has 0 radical (unpaired) electrons. The third-order valence-corrected chi connectivity index (χ3v) is 3.11. The second kappa shape index (κ2) is 5.19. The normalized spacial score (nSPS) is 11.0. The first-order chi connectivity index (χ1) is 8.91. The number of aromatic nitrogens is 3. The third-order valence-electron chi connectivity index (χ3n) is 2.57. The summed E-state index contributed by atoms with van der Waals surface area (Å²) in [6, 6.07) is 4.64. The largest absolute Gasteiger partial charge is 0.424 e. The van der Waals surface area contributed by atoms with Crippen molar-refractivity contribution in [1.82, 2.24) is 14.9 Å². The predicted molar refractivity (Wildman–Crippen MR) is 73.0 cm³/mol. The van der Waals surface area contributed by atoms with Crippen molar-refractivity contribution in [2.75, 3.05) is 0 Å². The highest BCUT2D eigenvalue weighted by atomic mass is 35.5. The summed E-state index contributed by atoms with van der Waals surface area (Å²) in [7, 11) is 0. The topological polar surface area (TPSA) is 68.0 Å². The second-order valence-corrected chi connectivity index (χ2v) is 5.15. The Kier molecular flexibility index (Phi) is 3.78. The van der Waals surface area contributed by atoms with Crippen LogP contribution in [0.3, 0.4) is 0 Å². The van der Waals surface area contributed by atoms with Crippen molar-refractivity contribution < 1.29 is 5.21 Å². The van der Waals surface area contributed by atoms with Crippen LogP contribution in [0.25, 0.3) is 11.3 Å². The van der Waals surface area contributed by atoms with Crippen LogP contribution in [-0.4, -0.2) is 20.1 Å². The lowest BCUT2D eigenvalue weighted by atomic mass is 10.1. The van der Waals surface area contributed by atoms with Gasteiger partial charge in [0.1, 0.15) is 0 Å². The standard InChI is InChI=1S/C12H11Cl2N3O2/c1-6(2)11-16-15-10(12(18)17(11)19)8-4-3-7(13)5-9(8)14/h3-6,19H,1-2H3. The molecular weight excluding hydrogens is 289 g/mol. The average Bonchev–Trinajstić information content (AvgIpc) is 2.33. The Morgan fingerprint density at radius 1 is 1.26 bits per heavy atom. The molecule has 7 heteroatoms. The molecule has 0 spiro atoms. The Morgan fingerprint density at radius 2 is 1.95 bits per heavy atom. The molecule has 1 N–H and O–H groups in total. The molecule has 0 amide bonds. The van der Waals surface area contributed by atoms with E-state index in [1.165, 1.54) is 6.07 Å². The number of nitrogens with zero attached hydrogens (tertiary/aromatic N) is 3. The fraction of sp³-hybridized carbons (Fsp3) is 0.250. The summed E-state index contributed by atoms with van der Waals surface area (Å²) in [6.45, 7) is 3.59. The van der Waals surface area contributed by atoms with Crippen molar-refractivity contribution in [2.24, 2.45) is 0 Å². The van der Waals surface area contributed by atoms with Crippen LogP contribution in [0.1, 0.15) is 25.6 Å².